The standard InChI is InChI=1S/C14H21NO2S2/c1-9-3-4-13(19-9)11-7-12(11)14(17)15-10(5-6-16)8-18-2/h3-4,10-12,16H,5-8H2,1-2H3,(H,15,17). The zero-order valence-electron chi connectivity index (χ0n) is 11.4. The van der Waals surface area contributed by atoms with Crippen molar-refractivity contribution < 1.29 is 9.90 Å². The van der Waals surface area contributed by atoms with E-state index in [9.17, 15) is 4.79 Å². The Morgan fingerprint density at radius 3 is 3.00 bits per heavy atom. The third-order valence-corrected chi connectivity index (χ3v) is 5.31. The molecule has 1 amide bonds. The minimum Gasteiger partial charge on any atom is -0.396 e. The molecule has 2 rings (SSSR count). The van der Waals surface area contributed by atoms with E-state index in [1.54, 1.807) is 23.1 Å². The second-order valence-corrected chi connectivity index (χ2v) is 7.30. The molecule has 1 aromatic rings. The average Bonchev–Trinajstić information content (AvgIpc) is 3.06. The Kier molecular flexibility index (Phi) is 5.30. The molecule has 2 N–H and O–H groups in total. The Morgan fingerprint density at radius 2 is 2.42 bits per heavy atom. The van der Waals surface area contributed by atoms with Crippen molar-refractivity contribution in [2.24, 2.45) is 5.92 Å². The first kappa shape index (κ1) is 14.9. The van der Waals surface area contributed by atoms with E-state index in [0.717, 1.165) is 12.2 Å². The summed E-state index contributed by atoms with van der Waals surface area (Å²) in [5.41, 5.74) is 0. The quantitative estimate of drug-likeness (QED) is 0.813. The van der Waals surface area contributed by atoms with E-state index in [1.807, 2.05) is 6.26 Å². The molecular weight excluding hydrogens is 278 g/mol. The van der Waals surface area contributed by atoms with Gasteiger partial charge in [0.25, 0.3) is 0 Å². The highest BCUT2D eigenvalue weighted by atomic mass is 32.2. The molecule has 0 saturated heterocycles. The van der Waals surface area contributed by atoms with Gasteiger partial charge in [0, 0.05) is 40.0 Å². The normalized spacial score (nSPS) is 23.1. The number of rotatable bonds is 7. The van der Waals surface area contributed by atoms with Gasteiger partial charge in [0.15, 0.2) is 0 Å². The summed E-state index contributed by atoms with van der Waals surface area (Å²) >= 11 is 3.50. The molecule has 106 valence electrons. The number of nitrogens with one attached hydrogen (secondary N) is 1. The Hall–Kier alpha value is -0.520. The van der Waals surface area contributed by atoms with Crippen LogP contribution < -0.4 is 5.32 Å². The van der Waals surface area contributed by atoms with E-state index in [1.165, 1.54) is 9.75 Å². The average molecular weight is 299 g/mol. The molecule has 0 radical (unpaired) electrons. The Morgan fingerprint density at radius 1 is 1.63 bits per heavy atom. The molecule has 5 heteroatoms. The molecule has 3 atom stereocenters. The first-order valence-corrected chi connectivity index (χ1v) is 8.83. The molecule has 0 aromatic carbocycles. The summed E-state index contributed by atoms with van der Waals surface area (Å²) in [7, 11) is 0. The maximum Gasteiger partial charge on any atom is 0.224 e. The Balaban J connectivity index is 1.84. The number of aryl methyl sites for hydroxylation is 1. The van der Waals surface area contributed by atoms with E-state index in [0.29, 0.717) is 12.3 Å². The van der Waals surface area contributed by atoms with E-state index < -0.39 is 0 Å². The molecule has 1 aromatic heterocycles. The second-order valence-electron chi connectivity index (χ2n) is 5.07. The number of thioether (sulfide) groups is 1. The van der Waals surface area contributed by atoms with Crippen LogP contribution >= 0.6 is 23.1 Å². The fourth-order valence-corrected chi connectivity index (χ4v) is 4.02. The highest BCUT2D eigenvalue weighted by Gasteiger charge is 2.45. The molecule has 1 saturated carbocycles. The largest absolute Gasteiger partial charge is 0.396 e. The van der Waals surface area contributed by atoms with Crippen molar-refractivity contribution in [2.45, 2.75) is 31.7 Å². The Labute approximate surface area is 122 Å². The molecule has 1 fully saturated rings. The van der Waals surface area contributed by atoms with Crippen LogP contribution in [0.4, 0.5) is 0 Å². The lowest BCUT2D eigenvalue weighted by molar-refractivity contribution is -0.123. The lowest BCUT2D eigenvalue weighted by atomic mass is 10.2. The van der Waals surface area contributed by atoms with Gasteiger partial charge in [-0.05, 0) is 38.2 Å². The molecule has 1 aliphatic rings. The molecule has 0 aliphatic heterocycles. The molecule has 19 heavy (non-hydrogen) atoms. The summed E-state index contributed by atoms with van der Waals surface area (Å²) in [5, 5.41) is 12.1. The lowest BCUT2D eigenvalue weighted by Gasteiger charge is -2.16. The fraction of sp³-hybridized carbons (Fsp3) is 0.643. The van der Waals surface area contributed by atoms with Crippen molar-refractivity contribution in [1.29, 1.82) is 0 Å². The number of hydrogen-bond donors (Lipinski definition) is 2. The predicted molar refractivity (Wildman–Crippen MR) is 81.9 cm³/mol. The predicted octanol–water partition coefficient (Wildman–Crippen LogP) is 2.39. The number of carbonyl (C=O) groups is 1. The zero-order valence-corrected chi connectivity index (χ0v) is 13.0. The van der Waals surface area contributed by atoms with Gasteiger partial charge in [0.1, 0.15) is 0 Å². The SMILES string of the molecule is CSCC(CCO)NC(=O)C1CC1c1ccc(C)s1. The summed E-state index contributed by atoms with van der Waals surface area (Å²) in [6, 6.07) is 4.36. The summed E-state index contributed by atoms with van der Waals surface area (Å²) in [6.07, 6.45) is 3.63. The van der Waals surface area contributed by atoms with Crippen molar-refractivity contribution in [3.63, 3.8) is 0 Å². The molecule has 1 heterocycles. The van der Waals surface area contributed by atoms with Gasteiger partial charge in [-0.2, -0.15) is 11.8 Å². The summed E-state index contributed by atoms with van der Waals surface area (Å²) < 4.78 is 0. The number of hydrogen-bond acceptors (Lipinski definition) is 4. The van der Waals surface area contributed by atoms with Crippen LogP contribution in [-0.4, -0.2) is 35.7 Å². The minimum absolute atomic E-state index is 0.0961. The van der Waals surface area contributed by atoms with Crippen LogP contribution in [-0.2, 0) is 4.79 Å². The first-order valence-electron chi connectivity index (χ1n) is 6.62. The van der Waals surface area contributed by atoms with Crippen LogP contribution in [0, 0.1) is 12.8 Å². The minimum atomic E-state index is 0.0961. The Bertz CT molecular complexity index is 427. The molecule has 0 spiro atoms. The summed E-state index contributed by atoms with van der Waals surface area (Å²) in [4.78, 5) is 14.8. The molecule has 0 bridgehead atoms. The number of amides is 1. The van der Waals surface area contributed by atoms with Crippen LogP contribution in [0.5, 0.6) is 0 Å². The smallest absolute Gasteiger partial charge is 0.224 e. The van der Waals surface area contributed by atoms with Gasteiger partial charge in [0.2, 0.25) is 5.91 Å². The summed E-state index contributed by atoms with van der Waals surface area (Å²) in [5.74, 6) is 1.58. The number of thiophene rings is 1. The van der Waals surface area contributed by atoms with E-state index in [4.69, 9.17) is 5.11 Å². The van der Waals surface area contributed by atoms with Gasteiger partial charge in [-0.25, -0.2) is 0 Å². The molecule has 3 unspecified atom stereocenters. The first-order chi connectivity index (χ1) is 9.15. The number of aliphatic hydroxyl groups excluding tert-OH is 1. The monoisotopic (exact) mass is 299 g/mol. The van der Waals surface area contributed by atoms with Gasteiger partial charge >= 0.3 is 0 Å². The van der Waals surface area contributed by atoms with Crippen LogP contribution in [0.3, 0.4) is 0 Å². The van der Waals surface area contributed by atoms with Gasteiger partial charge in [-0.1, -0.05) is 0 Å². The second kappa shape index (κ2) is 6.77. The van der Waals surface area contributed by atoms with Gasteiger partial charge in [-0.3, -0.25) is 4.79 Å². The lowest BCUT2D eigenvalue weighted by Crippen LogP contribution is -2.38. The van der Waals surface area contributed by atoms with E-state index >= 15 is 0 Å². The molecule has 3 nitrogen and oxygen atoms in total. The number of aliphatic hydroxyl groups is 1. The van der Waals surface area contributed by atoms with Crippen molar-refractivity contribution >= 4 is 29.0 Å². The third kappa shape index (κ3) is 3.97. The zero-order chi connectivity index (χ0) is 13.8. The van der Waals surface area contributed by atoms with Gasteiger partial charge in [-0.15, -0.1) is 11.3 Å². The molecular formula is C14H21NO2S2. The van der Waals surface area contributed by atoms with Crippen LogP contribution in [0.25, 0.3) is 0 Å². The third-order valence-electron chi connectivity index (χ3n) is 3.45. The topological polar surface area (TPSA) is 49.3 Å². The number of carbonyl (C=O) groups excluding carboxylic acids is 1. The van der Waals surface area contributed by atoms with E-state index in [2.05, 4.69) is 24.4 Å². The maximum absolute atomic E-state index is 12.2. The van der Waals surface area contributed by atoms with Crippen molar-refractivity contribution in [3.05, 3.63) is 21.9 Å². The van der Waals surface area contributed by atoms with Crippen molar-refractivity contribution in [1.82, 2.24) is 5.32 Å². The van der Waals surface area contributed by atoms with Crippen LogP contribution in [0.15, 0.2) is 12.1 Å². The van der Waals surface area contributed by atoms with Gasteiger partial charge < -0.3 is 10.4 Å². The molecule has 1 aliphatic carbocycles. The highest BCUT2D eigenvalue weighted by molar-refractivity contribution is 7.98. The fourth-order valence-electron chi connectivity index (χ4n) is 2.31. The van der Waals surface area contributed by atoms with Crippen LogP contribution in [0.1, 0.15) is 28.5 Å². The van der Waals surface area contributed by atoms with Crippen LogP contribution in [0.2, 0.25) is 0 Å². The van der Waals surface area contributed by atoms with Crippen molar-refractivity contribution in [3.8, 4) is 0 Å². The van der Waals surface area contributed by atoms with E-state index in [-0.39, 0.29) is 24.5 Å². The maximum atomic E-state index is 12.2. The highest BCUT2D eigenvalue weighted by Crippen LogP contribution is 2.49. The van der Waals surface area contributed by atoms with Gasteiger partial charge in [0.05, 0.1) is 0 Å². The van der Waals surface area contributed by atoms with Crippen molar-refractivity contribution in [2.75, 3.05) is 18.6 Å². The summed E-state index contributed by atoms with van der Waals surface area (Å²) in [6.45, 7) is 2.23.